The number of aromatic nitrogens is 1. The Morgan fingerprint density at radius 3 is 1.40 bits per heavy atom. The van der Waals surface area contributed by atoms with Gasteiger partial charge in [-0.1, -0.05) is 41.4 Å². The lowest BCUT2D eigenvalue weighted by Crippen LogP contribution is -1.87. The van der Waals surface area contributed by atoms with Crippen molar-refractivity contribution >= 4 is 33.8 Å². The third kappa shape index (κ3) is 6.97. The summed E-state index contributed by atoms with van der Waals surface area (Å²) in [6, 6.07) is 20.6. The number of hydrogen-bond acceptors (Lipinski definition) is 5. The maximum atomic E-state index is 11.1. The van der Waals surface area contributed by atoms with Gasteiger partial charge in [0.05, 0.1) is 0 Å². The number of benzene rings is 2. The fraction of sp³-hybridized carbons (Fsp3) is 0.0800. The zero-order valence-corrected chi connectivity index (χ0v) is 18.1. The molecule has 0 amide bonds. The highest BCUT2D eigenvalue weighted by Crippen LogP contribution is 2.19. The second-order valence-corrected chi connectivity index (χ2v) is 8.64. The number of pyridine rings is 1. The van der Waals surface area contributed by atoms with Gasteiger partial charge in [0.15, 0.2) is 10.2 Å². The van der Waals surface area contributed by atoms with Crippen molar-refractivity contribution in [2.45, 2.75) is 23.6 Å². The van der Waals surface area contributed by atoms with E-state index in [0.717, 1.165) is 20.9 Å². The van der Waals surface area contributed by atoms with E-state index in [0.29, 0.717) is 11.4 Å². The Balaban J connectivity index is 1.70. The van der Waals surface area contributed by atoms with Gasteiger partial charge < -0.3 is 0 Å². The van der Waals surface area contributed by atoms with Crippen LogP contribution in [-0.4, -0.2) is 15.2 Å². The van der Waals surface area contributed by atoms with Crippen molar-refractivity contribution < 1.29 is 9.59 Å². The van der Waals surface area contributed by atoms with Crippen molar-refractivity contribution in [2.24, 2.45) is 0 Å². The van der Waals surface area contributed by atoms with Crippen LogP contribution in [0.15, 0.2) is 76.5 Å². The molecule has 0 fully saturated rings. The third-order valence-electron chi connectivity index (χ3n) is 3.65. The van der Waals surface area contributed by atoms with Gasteiger partial charge in [-0.05, 0) is 72.5 Å². The molecule has 0 atom stereocenters. The zero-order valence-electron chi connectivity index (χ0n) is 16.4. The first-order valence-electron chi connectivity index (χ1n) is 9.06. The van der Waals surface area contributed by atoms with Crippen molar-refractivity contribution in [3.63, 3.8) is 0 Å². The van der Waals surface area contributed by atoms with E-state index in [2.05, 4.69) is 28.7 Å². The second kappa shape index (κ2) is 10.5. The summed E-state index contributed by atoms with van der Waals surface area (Å²) in [5.74, 6) is 12.3. The van der Waals surface area contributed by atoms with Gasteiger partial charge in [0.25, 0.3) is 0 Å². The molecule has 0 aliphatic rings. The first-order valence-corrected chi connectivity index (χ1v) is 10.7. The maximum absolute atomic E-state index is 11.1. The fourth-order valence-corrected chi connectivity index (χ4v) is 3.60. The highest BCUT2D eigenvalue weighted by molar-refractivity contribution is 8.13. The van der Waals surface area contributed by atoms with E-state index in [-0.39, 0.29) is 10.2 Å². The molecule has 1 aromatic heterocycles. The Hall–Kier alpha value is -3.25. The van der Waals surface area contributed by atoms with Crippen molar-refractivity contribution in [3.8, 4) is 23.7 Å². The average molecular weight is 428 g/mol. The van der Waals surface area contributed by atoms with Crippen LogP contribution in [0, 0.1) is 23.7 Å². The van der Waals surface area contributed by atoms with Gasteiger partial charge in [-0.15, -0.1) is 0 Å². The van der Waals surface area contributed by atoms with Gasteiger partial charge in [0.1, 0.15) is 11.4 Å². The van der Waals surface area contributed by atoms with Crippen LogP contribution in [0.2, 0.25) is 0 Å². The fourth-order valence-electron chi connectivity index (χ4n) is 2.39. The normalized spacial score (nSPS) is 9.67. The summed E-state index contributed by atoms with van der Waals surface area (Å²) in [7, 11) is 0. The minimum Gasteiger partial charge on any atom is -0.287 e. The summed E-state index contributed by atoms with van der Waals surface area (Å²) in [6.07, 6.45) is 0. The molecule has 0 radical (unpaired) electrons. The number of thioether (sulfide) groups is 2. The van der Waals surface area contributed by atoms with Crippen LogP contribution in [0.25, 0.3) is 0 Å². The molecule has 1 heterocycles. The van der Waals surface area contributed by atoms with Crippen molar-refractivity contribution in [2.75, 3.05) is 0 Å². The van der Waals surface area contributed by atoms with E-state index < -0.39 is 0 Å². The molecule has 3 aromatic rings. The van der Waals surface area contributed by atoms with Crippen LogP contribution in [0.4, 0.5) is 0 Å². The van der Waals surface area contributed by atoms with Gasteiger partial charge in [0.2, 0.25) is 0 Å². The van der Waals surface area contributed by atoms with Crippen molar-refractivity contribution in [1.29, 1.82) is 0 Å². The molecule has 0 unspecified atom stereocenters. The summed E-state index contributed by atoms with van der Waals surface area (Å²) < 4.78 is 0. The Bertz CT molecular complexity index is 1100. The Labute approximate surface area is 184 Å². The van der Waals surface area contributed by atoms with Crippen LogP contribution < -0.4 is 0 Å². The first-order chi connectivity index (χ1) is 14.5. The minimum atomic E-state index is 0.0573. The lowest BCUT2D eigenvalue weighted by Gasteiger charge is -1.97. The topological polar surface area (TPSA) is 47.0 Å². The molecule has 0 bridgehead atoms. The summed E-state index contributed by atoms with van der Waals surface area (Å²) in [4.78, 5) is 28.6. The standard InChI is InChI=1S/C25H17NO2S2/c1-18(27)29-24-14-8-20(9-15-24)6-12-22-4-3-5-23(26-22)13-7-21-10-16-25(17-11-21)30-19(2)28/h3-5,8-11,14-17H,1-2H3. The number of rotatable bonds is 2. The largest absolute Gasteiger partial charge is 0.287 e. The Morgan fingerprint density at radius 1 is 0.633 bits per heavy atom. The maximum Gasteiger partial charge on any atom is 0.190 e. The molecule has 146 valence electrons. The summed E-state index contributed by atoms with van der Waals surface area (Å²) in [6.45, 7) is 3.09. The van der Waals surface area contributed by atoms with E-state index in [4.69, 9.17) is 0 Å². The molecule has 0 N–H and O–H groups in total. The minimum absolute atomic E-state index is 0.0573. The van der Waals surface area contributed by atoms with E-state index in [1.54, 1.807) is 13.8 Å². The molecule has 2 aromatic carbocycles. The van der Waals surface area contributed by atoms with Crippen molar-refractivity contribution in [3.05, 3.63) is 89.2 Å². The predicted molar refractivity (Wildman–Crippen MR) is 122 cm³/mol. The first kappa shape index (κ1) is 21.5. The summed E-state index contributed by atoms with van der Waals surface area (Å²) >= 11 is 2.40. The van der Waals surface area contributed by atoms with Gasteiger partial charge in [-0.3, -0.25) is 9.59 Å². The van der Waals surface area contributed by atoms with E-state index in [1.807, 2.05) is 66.7 Å². The molecule has 0 aliphatic carbocycles. The van der Waals surface area contributed by atoms with Gasteiger partial charge in [0, 0.05) is 34.8 Å². The van der Waals surface area contributed by atoms with Crippen LogP contribution in [-0.2, 0) is 9.59 Å². The highest BCUT2D eigenvalue weighted by atomic mass is 32.2. The molecule has 0 aliphatic heterocycles. The zero-order chi connectivity index (χ0) is 21.3. The van der Waals surface area contributed by atoms with E-state index >= 15 is 0 Å². The van der Waals surface area contributed by atoms with Crippen molar-refractivity contribution in [1.82, 2.24) is 4.98 Å². The van der Waals surface area contributed by atoms with Crippen LogP contribution in [0.3, 0.4) is 0 Å². The number of hydrogen-bond donors (Lipinski definition) is 0. The lowest BCUT2D eigenvalue weighted by atomic mass is 10.2. The lowest BCUT2D eigenvalue weighted by molar-refractivity contribution is -0.109. The molecule has 0 saturated heterocycles. The molecular weight excluding hydrogens is 410 g/mol. The monoisotopic (exact) mass is 427 g/mol. The molecule has 3 rings (SSSR count). The average Bonchev–Trinajstić information content (AvgIpc) is 2.72. The molecule has 0 spiro atoms. The summed E-state index contributed by atoms with van der Waals surface area (Å²) in [5, 5.41) is 0.115. The quantitative estimate of drug-likeness (QED) is 0.418. The predicted octanol–water partition coefficient (Wildman–Crippen LogP) is 5.16. The second-order valence-electron chi connectivity index (χ2n) is 6.14. The van der Waals surface area contributed by atoms with Gasteiger partial charge in [-0.2, -0.15) is 0 Å². The Kier molecular flexibility index (Phi) is 7.51. The van der Waals surface area contributed by atoms with Crippen LogP contribution in [0.5, 0.6) is 0 Å². The molecule has 0 saturated carbocycles. The van der Waals surface area contributed by atoms with E-state index in [1.165, 1.54) is 23.5 Å². The molecule has 30 heavy (non-hydrogen) atoms. The molecule has 5 heteroatoms. The third-order valence-corrected chi connectivity index (χ3v) is 5.24. The van der Waals surface area contributed by atoms with Crippen LogP contribution in [0.1, 0.15) is 36.4 Å². The SMILES string of the molecule is CC(=O)Sc1ccc(C#Cc2cccc(C#Cc3ccc(SC(C)=O)cc3)n2)cc1. The van der Waals surface area contributed by atoms with Gasteiger partial charge >= 0.3 is 0 Å². The number of carbonyl (C=O) groups is 2. The Morgan fingerprint density at radius 2 is 1.03 bits per heavy atom. The number of carbonyl (C=O) groups excluding carboxylic acids is 2. The smallest absolute Gasteiger partial charge is 0.190 e. The van der Waals surface area contributed by atoms with E-state index in [9.17, 15) is 9.59 Å². The summed E-state index contributed by atoms with van der Waals surface area (Å²) in [5.41, 5.74) is 2.98. The number of nitrogens with zero attached hydrogens (tertiary/aromatic N) is 1. The highest BCUT2D eigenvalue weighted by Gasteiger charge is 1.99. The molecule has 3 nitrogen and oxygen atoms in total. The van der Waals surface area contributed by atoms with Crippen LogP contribution >= 0.6 is 23.5 Å². The molecular formula is C25H17NO2S2. The van der Waals surface area contributed by atoms with Gasteiger partial charge in [-0.25, -0.2) is 4.98 Å².